The maximum absolute atomic E-state index is 11.4. The van der Waals surface area contributed by atoms with E-state index in [-0.39, 0.29) is 11.4 Å². The quantitative estimate of drug-likeness (QED) is 0.606. The first-order chi connectivity index (χ1) is 6.43. The molecular weight excluding hydrogens is 184 g/mol. The molecule has 14 heavy (non-hydrogen) atoms. The molecule has 5 nitrogen and oxygen atoms in total. The molecule has 1 aliphatic rings. The van der Waals surface area contributed by atoms with Crippen LogP contribution in [0.3, 0.4) is 0 Å². The molecule has 0 bridgehead atoms. The summed E-state index contributed by atoms with van der Waals surface area (Å²) in [5.41, 5.74) is -0.255. The lowest BCUT2D eigenvalue weighted by atomic mass is 9.89. The second-order valence-electron chi connectivity index (χ2n) is 3.10. The van der Waals surface area contributed by atoms with E-state index in [1.165, 1.54) is 13.8 Å². The molecule has 1 unspecified atom stereocenters. The maximum atomic E-state index is 11.4. The molecule has 1 aliphatic carbocycles. The number of rotatable bonds is 1. The van der Waals surface area contributed by atoms with E-state index in [4.69, 9.17) is 5.41 Å². The Morgan fingerprint density at radius 2 is 2.07 bits per heavy atom. The van der Waals surface area contributed by atoms with Crippen LogP contribution in [-0.2, 0) is 14.4 Å². The van der Waals surface area contributed by atoms with Crippen molar-refractivity contribution in [3.8, 4) is 0 Å². The minimum Gasteiger partial charge on any atom is -0.323 e. The van der Waals surface area contributed by atoms with E-state index in [9.17, 15) is 14.4 Å². The van der Waals surface area contributed by atoms with Crippen molar-refractivity contribution in [3.05, 3.63) is 11.8 Å². The largest absolute Gasteiger partial charge is 0.323 e. The first kappa shape index (κ1) is 10.3. The number of hydrogen-bond donors (Lipinski definition) is 2. The van der Waals surface area contributed by atoms with Gasteiger partial charge in [-0.25, -0.2) is 0 Å². The Balaban J connectivity index is 3.01. The molecule has 74 valence electrons. The molecule has 0 saturated carbocycles. The van der Waals surface area contributed by atoms with Crippen molar-refractivity contribution < 1.29 is 14.4 Å². The second kappa shape index (κ2) is 3.53. The Morgan fingerprint density at radius 3 is 2.57 bits per heavy atom. The van der Waals surface area contributed by atoms with Gasteiger partial charge in [-0.1, -0.05) is 0 Å². The van der Waals surface area contributed by atoms with Crippen LogP contribution in [0, 0.1) is 11.3 Å². The highest BCUT2D eigenvalue weighted by molar-refractivity contribution is 6.50. The zero-order chi connectivity index (χ0) is 10.9. The van der Waals surface area contributed by atoms with E-state index in [1.807, 2.05) is 0 Å². The average molecular weight is 194 g/mol. The summed E-state index contributed by atoms with van der Waals surface area (Å²) < 4.78 is 0. The molecule has 0 aliphatic heterocycles. The molecule has 0 saturated heterocycles. The first-order valence-corrected chi connectivity index (χ1v) is 4.09. The molecule has 5 heteroatoms. The number of amides is 1. The van der Waals surface area contributed by atoms with Crippen LogP contribution in [0.1, 0.15) is 13.8 Å². The van der Waals surface area contributed by atoms with Gasteiger partial charge in [0.2, 0.25) is 11.7 Å². The fourth-order valence-corrected chi connectivity index (χ4v) is 1.15. The Kier molecular flexibility index (Phi) is 2.60. The lowest BCUT2D eigenvalue weighted by Crippen LogP contribution is -2.38. The van der Waals surface area contributed by atoms with Crippen molar-refractivity contribution in [2.75, 3.05) is 0 Å². The standard InChI is InChI=1S/C9H10N2O3/c1-4-8(10)7(13)3-6(9(4)14)11-5(2)12/h3-4,10H,1-2H3,(H,11,12). The van der Waals surface area contributed by atoms with E-state index in [2.05, 4.69) is 5.32 Å². The summed E-state index contributed by atoms with van der Waals surface area (Å²) in [6.45, 7) is 2.72. The molecule has 2 N–H and O–H groups in total. The van der Waals surface area contributed by atoms with Gasteiger partial charge in [0, 0.05) is 13.0 Å². The predicted molar refractivity (Wildman–Crippen MR) is 48.8 cm³/mol. The highest BCUT2D eigenvalue weighted by Crippen LogP contribution is 2.13. The van der Waals surface area contributed by atoms with Gasteiger partial charge >= 0.3 is 0 Å². The van der Waals surface area contributed by atoms with Crippen molar-refractivity contribution in [1.82, 2.24) is 5.32 Å². The Hall–Kier alpha value is -1.78. The molecule has 1 rings (SSSR count). The zero-order valence-corrected chi connectivity index (χ0v) is 7.88. The highest BCUT2D eigenvalue weighted by Gasteiger charge is 2.31. The van der Waals surface area contributed by atoms with Gasteiger partial charge in [0.05, 0.1) is 17.3 Å². The lowest BCUT2D eigenvalue weighted by Gasteiger charge is -2.17. The summed E-state index contributed by atoms with van der Waals surface area (Å²) in [6, 6.07) is 0. The van der Waals surface area contributed by atoms with Crippen LogP contribution >= 0.6 is 0 Å². The summed E-state index contributed by atoms with van der Waals surface area (Å²) in [5.74, 6) is -2.10. The fraction of sp³-hybridized carbons (Fsp3) is 0.333. The summed E-state index contributed by atoms with van der Waals surface area (Å²) >= 11 is 0. The van der Waals surface area contributed by atoms with E-state index < -0.39 is 23.4 Å². The Labute approximate surface area is 80.7 Å². The highest BCUT2D eigenvalue weighted by atomic mass is 16.2. The van der Waals surface area contributed by atoms with E-state index >= 15 is 0 Å². The molecular formula is C9H10N2O3. The number of ketones is 2. The van der Waals surface area contributed by atoms with Crippen LogP contribution < -0.4 is 5.32 Å². The van der Waals surface area contributed by atoms with Crippen LogP contribution in [0.15, 0.2) is 11.8 Å². The van der Waals surface area contributed by atoms with Gasteiger partial charge in [-0.2, -0.15) is 0 Å². The molecule has 0 aromatic heterocycles. The van der Waals surface area contributed by atoms with Gasteiger partial charge in [-0.05, 0) is 6.92 Å². The number of Topliss-reactive ketones (excluding diaryl/α,β-unsaturated/α-hetero) is 1. The van der Waals surface area contributed by atoms with E-state index in [0.29, 0.717) is 0 Å². The number of carbonyl (C=O) groups excluding carboxylic acids is 3. The third kappa shape index (κ3) is 1.76. The molecule has 0 aromatic carbocycles. The van der Waals surface area contributed by atoms with Gasteiger partial charge < -0.3 is 10.7 Å². The normalized spacial score (nSPS) is 22.0. The van der Waals surface area contributed by atoms with Gasteiger partial charge in [0.1, 0.15) is 0 Å². The minimum atomic E-state index is -0.769. The maximum Gasteiger partial charge on any atom is 0.221 e. The SMILES string of the molecule is CC(=O)NC1=CC(=O)C(=N)C(C)C1=O. The third-order valence-electron chi connectivity index (χ3n) is 1.94. The van der Waals surface area contributed by atoms with Gasteiger partial charge in [-0.3, -0.25) is 14.4 Å². The lowest BCUT2D eigenvalue weighted by molar-refractivity contribution is -0.123. The van der Waals surface area contributed by atoms with Crippen molar-refractivity contribution in [3.63, 3.8) is 0 Å². The zero-order valence-electron chi connectivity index (χ0n) is 7.88. The summed E-state index contributed by atoms with van der Waals surface area (Å²) in [6.07, 6.45) is 0.992. The molecule has 0 radical (unpaired) electrons. The van der Waals surface area contributed by atoms with E-state index in [0.717, 1.165) is 6.08 Å². The van der Waals surface area contributed by atoms with Crippen LogP contribution in [-0.4, -0.2) is 23.2 Å². The van der Waals surface area contributed by atoms with Crippen LogP contribution in [0.2, 0.25) is 0 Å². The second-order valence-corrected chi connectivity index (χ2v) is 3.10. The van der Waals surface area contributed by atoms with Crippen molar-refractivity contribution in [1.29, 1.82) is 5.41 Å². The number of allylic oxidation sites excluding steroid dienone is 2. The van der Waals surface area contributed by atoms with Gasteiger partial charge in [0.15, 0.2) is 5.78 Å². The number of hydrogen-bond acceptors (Lipinski definition) is 4. The number of nitrogens with one attached hydrogen (secondary N) is 2. The van der Waals surface area contributed by atoms with Crippen LogP contribution in [0.4, 0.5) is 0 Å². The molecule has 0 aromatic rings. The molecule has 0 fully saturated rings. The predicted octanol–water partition coefficient (Wildman–Crippen LogP) is -0.186. The molecule has 1 atom stereocenters. The van der Waals surface area contributed by atoms with Crippen molar-refractivity contribution >= 4 is 23.2 Å². The molecule has 1 amide bonds. The van der Waals surface area contributed by atoms with Crippen LogP contribution in [0.5, 0.6) is 0 Å². The van der Waals surface area contributed by atoms with E-state index in [1.54, 1.807) is 0 Å². The monoisotopic (exact) mass is 194 g/mol. The average Bonchev–Trinajstić information content (AvgIpc) is 2.10. The summed E-state index contributed by atoms with van der Waals surface area (Å²) in [4.78, 5) is 33.3. The van der Waals surface area contributed by atoms with Crippen LogP contribution in [0.25, 0.3) is 0 Å². The van der Waals surface area contributed by atoms with Crippen molar-refractivity contribution in [2.24, 2.45) is 5.92 Å². The topological polar surface area (TPSA) is 87.1 Å². The minimum absolute atomic E-state index is 0.0222. The third-order valence-corrected chi connectivity index (χ3v) is 1.94. The molecule has 0 spiro atoms. The van der Waals surface area contributed by atoms with Gasteiger partial charge in [-0.15, -0.1) is 0 Å². The molecule has 0 heterocycles. The van der Waals surface area contributed by atoms with Gasteiger partial charge in [0.25, 0.3) is 0 Å². The fourth-order valence-electron chi connectivity index (χ4n) is 1.15. The number of carbonyl (C=O) groups is 3. The smallest absolute Gasteiger partial charge is 0.221 e. The summed E-state index contributed by atoms with van der Waals surface area (Å²) in [5, 5.41) is 9.54. The summed E-state index contributed by atoms with van der Waals surface area (Å²) in [7, 11) is 0. The Morgan fingerprint density at radius 1 is 1.50 bits per heavy atom. The van der Waals surface area contributed by atoms with Crippen molar-refractivity contribution in [2.45, 2.75) is 13.8 Å². The first-order valence-electron chi connectivity index (χ1n) is 4.09. The Bertz CT molecular complexity index is 368.